The Morgan fingerprint density at radius 3 is 2.76 bits per heavy atom. The lowest BCUT2D eigenvalue weighted by atomic mass is 9.95. The third-order valence-electron chi connectivity index (χ3n) is 5.11. The maximum Gasteiger partial charge on any atom is 0.227 e. The number of carbonyl (C=O) groups excluding carboxylic acids is 1. The summed E-state index contributed by atoms with van der Waals surface area (Å²) < 4.78 is 4.13. The van der Waals surface area contributed by atoms with Gasteiger partial charge in [0.05, 0.1) is 12.5 Å². The number of piperidine rings is 1. The quantitative estimate of drug-likeness (QED) is 0.777. The molecule has 1 fully saturated rings. The fourth-order valence-electron chi connectivity index (χ4n) is 3.64. The van der Waals surface area contributed by atoms with Crippen molar-refractivity contribution < 1.29 is 4.79 Å². The number of unbranched alkanes of at least 4 members (excludes halogenated alkanes) is 1. The molecule has 2 aromatic heterocycles. The SMILES string of the molecule is CCCCn1ccnc1C1CCN(C(=O)C(C)Cn2cccn2)CC1. The van der Waals surface area contributed by atoms with Gasteiger partial charge in [-0.25, -0.2) is 4.98 Å². The molecule has 2 aromatic rings. The summed E-state index contributed by atoms with van der Waals surface area (Å²) in [5.74, 6) is 1.87. The molecule has 0 N–H and O–H groups in total. The van der Waals surface area contributed by atoms with Crippen molar-refractivity contribution in [3.8, 4) is 0 Å². The Kier molecular flexibility index (Phi) is 5.89. The molecule has 0 saturated carbocycles. The summed E-state index contributed by atoms with van der Waals surface area (Å²) in [5, 5.41) is 4.20. The molecule has 1 aliphatic heterocycles. The third kappa shape index (κ3) is 4.30. The highest BCUT2D eigenvalue weighted by atomic mass is 16.2. The summed E-state index contributed by atoms with van der Waals surface area (Å²) in [7, 11) is 0. The van der Waals surface area contributed by atoms with E-state index in [1.54, 1.807) is 6.20 Å². The normalized spacial score (nSPS) is 17.0. The number of imidazole rings is 1. The summed E-state index contributed by atoms with van der Waals surface area (Å²) in [6, 6.07) is 1.89. The number of hydrogen-bond donors (Lipinski definition) is 0. The standard InChI is InChI=1S/C19H29N5O/c1-3-4-10-22-14-9-20-18(22)17-6-12-23(13-7-17)19(25)16(2)15-24-11-5-8-21-24/h5,8-9,11,14,16-17H,3-4,6-7,10,12-13,15H2,1-2H3. The zero-order valence-corrected chi connectivity index (χ0v) is 15.3. The van der Waals surface area contributed by atoms with Gasteiger partial charge in [-0.15, -0.1) is 0 Å². The van der Waals surface area contributed by atoms with Gasteiger partial charge >= 0.3 is 0 Å². The van der Waals surface area contributed by atoms with E-state index in [9.17, 15) is 4.79 Å². The van der Waals surface area contributed by atoms with Gasteiger partial charge in [0, 0.05) is 50.3 Å². The van der Waals surface area contributed by atoms with Crippen LogP contribution in [0.4, 0.5) is 0 Å². The number of carbonyl (C=O) groups is 1. The Labute approximate surface area is 149 Å². The lowest BCUT2D eigenvalue weighted by molar-refractivity contribution is -0.136. The first kappa shape index (κ1) is 17.7. The highest BCUT2D eigenvalue weighted by Crippen LogP contribution is 2.28. The number of amides is 1. The summed E-state index contributed by atoms with van der Waals surface area (Å²) in [5.41, 5.74) is 0. The van der Waals surface area contributed by atoms with E-state index in [0.717, 1.165) is 32.5 Å². The second kappa shape index (κ2) is 8.32. The molecule has 1 atom stereocenters. The van der Waals surface area contributed by atoms with Gasteiger partial charge < -0.3 is 9.47 Å². The molecule has 1 aliphatic rings. The number of likely N-dealkylation sites (tertiary alicyclic amines) is 1. The molecule has 136 valence electrons. The van der Waals surface area contributed by atoms with Crippen LogP contribution in [-0.4, -0.2) is 43.2 Å². The van der Waals surface area contributed by atoms with E-state index in [1.165, 1.54) is 18.7 Å². The lowest BCUT2D eigenvalue weighted by Gasteiger charge is -2.33. The number of hydrogen-bond acceptors (Lipinski definition) is 3. The van der Waals surface area contributed by atoms with Crippen molar-refractivity contribution in [2.24, 2.45) is 5.92 Å². The minimum absolute atomic E-state index is 0.0389. The third-order valence-corrected chi connectivity index (χ3v) is 5.11. The van der Waals surface area contributed by atoms with Gasteiger partial charge in [0.1, 0.15) is 5.82 Å². The van der Waals surface area contributed by atoms with Crippen molar-refractivity contribution in [3.63, 3.8) is 0 Å². The summed E-state index contributed by atoms with van der Waals surface area (Å²) in [4.78, 5) is 19.3. The van der Waals surface area contributed by atoms with Crippen molar-refractivity contribution in [1.29, 1.82) is 0 Å². The molecule has 0 bridgehead atoms. The van der Waals surface area contributed by atoms with Crippen LogP contribution in [0.3, 0.4) is 0 Å². The minimum Gasteiger partial charge on any atom is -0.342 e. The zero-order valence-electron chi connectivity index (χ0n) is 15.3. The molecule has 1 unspecified atom stereocenters. The van der Waals surface area contributed by atoms with E-state index in [0.29, 0.717) is 12.5 Å². The Morgan fingerprint density at radius 1 is 1.28 bits per heavy atom. The van der Waals surface area contributed by atoms with Crippen LogP contribution < -0.4 is 0 Å². The van der Waals surface area contributed by atoms with Crippen molar-refractivity contribution in [2.45, 2.75) is 58.5 Å². The van der Waals surface area contributed by atoms with Crippen molar-refractivity contribution in [1.82, 2.24) is 24.2 Å². The van der Waals surface area contributed by atoms with Crippen LogP contribution in [0.25, 0.3) is 0 Å². The summed E-state index contributed by atoms with van der Waals surface area (Å²) >= 11 is 0. The smallest absolute Gasteiger partial charge is 0.227 e. The predicted molar refractivity (Wildman–Crippen MR) is 97.1 cm³/mol. The molecule has 0 aliphatic carbocycles. The fraction of sp³-hybridized carbons (Fsp3) is 0.632. The number of aromatic nitrogens is 4. The van der Waals surface area contributed by atoms with Crippen LogP contribution in [0.5, 0.6) is 0 Å². The topological polar surface area (TPSA) is 56.0 Å². The Hall–Kier alpha value is -2.11. The van der Waals surface area contributed by atoms with Crippen LogP contribution in [0.1, 0.15) is 51.3 Å². The first-order chi connectivity index (χ1) is 12.2. The van der Waals surface area contributed by atoms with Crippen molar-refractivity contribution >= 4 is 5.91 Å². The van der Waals surface area contributed by atoms with E-state index in [-0.39, 0.29) is 11.8 Å². The molecule has 6 nitrogen and oxygen atoms in total. The zero-order chi connectivity index (χ0) is 17.6. The van der Waals surface area contributed by atoms with E-state index in [2.05, 4.69) is 27.8 Å². The van der Waals surface area contributed by atoms with Crippen LogP contribution in [-0.2, 0) is 17.9 Å². The van der Waals surface area contributed by atoms with Gasteiger partial charge in [-0.1, -0.05) is 20.3 Å². The average molecular weight is 343 g/mol. The second-order valence-electron chi connectivity index (χ2n) is 7.06. The maximum atomic E-state index is 12.7. The number of nitrogens with zero attached hydrogens (tertiary/aromatic N) is 5. The molecule has 3 heterocycles. The van der Waals surface area contributed by atoms with Gasteiger partial charge in [0.2, 0.25) is 5.91 Å². The van der Waals surface area contributed by atoms with E-state index >= 15 is 0 Å². The maximum absolute atomic E-state index is 12.7. The van der Waals surface area contributed by atoms with Crippen LogP contribution in [0.2, 0.25) is 0 Å². The summed E-state index contributed by atoms with van der Waals surface area (Å²) in [6.45, 7) is 7.55. The fourth-order valence-corrected chi connectivity index (χ4v) is 3.64. The Balaban J connectivity index is 1.53. The Morgan fingerprint density at radius 2 is 2.08 bits per heavy atom. The number of aryl methyl sites for hydroxylation is 1. The van der Waals surface area contributed by atoms with E-state index in [1.807, 2.05) is 35.0 Å². The van der Waals surface area contributed by atoms with E-state index < -0.39 is 0 Å². The molecule has 3 rings (SSSR count). The number of rotatable bonds is 7. The molecular formula is C19H29N5O. The monoisotopic (exact) mass is 343 g/mol. The molecule has 6 heteroatoms. The van der Waals surface area contributed by atoms with Crippen LogP contribution in [0.15, 0.2) is 30.9 Å². The predicted octanol–water partition coefficient (Wildman–Crippen LogP) is 2.92. The molecule has 1 amide bonds. The minimum atomic E-state index is -0.0389. The molecule has 1 saturated heterocycles. The molecule has 0 aromatic carbocycles. The molecule has 0 radical (unpaired) electrons. The van der Waals surface area contributed by atoms with Crippen LogP contribution in [0, 0.1) is 5.92 Å². The highest BCUT2D eigenvalue weighted by molar-refractivity contribution is 5.78. The van der Waals surface area contributed by atoms with Gasteiger partial charge in [-0.3, -0.25) is 9.48 Å². The van der Waals surface area contributed by atoms with Crippen molar-refractivity contribution in [3.05, 3.63) is 36.7 Å². The molecule has 25 heavy (non-hydrogen) atoms. The van der Waals surface area contributed by atoms with Gasteiger partial charge in [0.15, 0.2) is 0 Å². The Bertz CT molecular complexity index is 655. The lowest BCUT2D eigenvalue weighted by Crippen LogP contribution is -2.42. The first-order valence-corrected chi connectivity index (χ1v) is 9.46. The van der Waals surface area contributed by atoms with Gasteiger partial charge in [-0.2, -0.15) is 5.10 Å². The van der Waals surface area contributed by atoms with E-state index in [4.69, 9.17) is 0 Å². The highest BCUT2D eigenvalue weighted by Gasteiger charge is 2.28. The largest absolute Gasteiger partial charge is 0.342 e. The average Bonchev–Trinajstić information content (AvgIpc) is 3.31. The van der Waals surface area contributed by atoms with Crippen LogP contribution >= 0.6 is 0 Å². The van der Waals surface area contributed by atoms with Crippen molar-refractivity contribution in [2.75, 3.05) is 13.1 Å². The van der Waals surface area contributed by atoms with Gasteiger partial charge in [-0.05, 0) is 25.3 Å². The summed E-state index contributed by atoms with van der Waals surface area (Å²) in [6.07, 6.45) is 12.1. The second-order valence-corrected chi connectivity index (χ2v) is 7.06. The van der Waals surface area contributed by atoms with Gasteiger partial charge in [0.25, 0.3) is 0 Å². The molecule has 0 spiro atoms. The molecular weight excluding hydrogens is 314 g/mol. The first-order valence-electron chi connectivity index (χ1n) is 9.46.